The SMILES string of the molecule is CCS(=O)CCN1C(=O)C(CC(C)C)NC1C(C)C. The molecule has 0 radical (unpaired) electrons. The molecule has 4 nitrogen and oxygen atoms in total. The van der Waals surface area contributed by atoms with E-state index in [1.165, 1.54) is 0 Å². The van der Waals surface area contributed by atoms with Crippen molar-refractivity contribution in [2.24, 2.45) is 11.8 Å². The van der Waals surface area contributed by atoms with Crippen molar-refractivity contribution in [1.82, 2.24) is 10.2 Å². The van der Waals surface area contributed by atoms with Crippen LogP contribution in [0.5, 0.6) is 0 Å². The quantitative estimate of drug-likeness (QED) is 0.774. The fraction of sp³-hybridized carbons (Fsp3) is 0.929. The Morgan fingerprint density at radius 1 is 1.32 bits per heavy atom. The molecule has 112 valence electrons. The molecular weight excluding hydrogens is 260 g/mol. The zero-order valence-corrected chi connectivity index (χ0v) is 13.6. The number of rotatable bonds is 7. The summed E-state index contributed by atoms with van der Waals surface area (Å²) >= 11 is 0. The van der Waals surface area contributed by atoms with Gasteiger partial charge < -0.3 is 4.90 Å². The molecule has 3 atom stereocenters. The van der Waals surface area contributed by atoms with E-state index < -0.39 is 10.8 Å². The molecule has 19 heavy (non-hydrogen) atoms. The van der Waals surface area contributed by atoms with Crippen LogP contribution in [0.1, 0.15) is 41.0 Å². The van der Waals surface area contributed by atoms with E-state index >= 15 is 0 Å². The predicted molar refractivity (Wildman–Crippen MR) is 80.3 cm³/mol. The van der Waals surface area contributed by atoms with Crippen LogP contribution in [-0.2, 0) is 15.6 Å². The highest BCUT2D eigenvalue weighted by atomic mass is 32.2. The summed E-state index contributed by atoms with van der Waals surface area (Å²) in [6.07, 6.45) is 0.959. The van der Waals surface area contributed by atoms with Gasteiger partial charge in [-0.2, -0.15) is 0 Å². The Labute approximate surface area is 119 Å². The van der Waals surface area contributed by atoms with Crippen LogP contribution in [0.15, 0.2) is 0 Å². The topological polar surface area (TPSA) is 49.4 Å². The van der Waals surface area contributed by atoms with Gasteiger partial charge in [0.1, 0.15) is 0 Å². The maximum absolute atomic E-state index is 12.4. The van der Waals surface area contributed by atoms with Crippen LogP contribution in [0.3, 0.4) is 0 Å². The fourth-order valence-electron chi connectivity index (χ4n) is 2.49. The summed E-state index contributed by atoms with van der Waals surface area (Å²) in [4.78, 5) is 14.3. The Hall–Kier alpha value is -0.420. The number of hydrogen-bond acceptors (Lipinski definition) is 3. The molecule has 0 aliphatic carbocycles. The Balaban J connectivity index is 2.69. The van der Waals surface area contributed by atoms with Gasteiger partial charge in [-0.1, -0.05) is 34.6 Å². The lowest BCUT2D eigenvalue weighted by molar-refractivity contribution is -0.130. The van der Waals surface area contributed by atoms with Crippen molar-refractivity contribution >= 4 is 16.7 Å². The second kappa shape index (κ2) is 7.39. The second-order valence-electron chi connectivity index (χ2n) is 6.00. The molecule has 1 heterocycles. The van der Waals surface area contributed by atoms with E-state index in [9.17, 15) is 9.00 Å². The molecule has 1 amide bonds. The summed E-state index contributed by atoms with van der Waals surface area (Å²) in [5.74, 6) is 2.30. The van der Waals surface area contributed by atoms with Gasteiger partial charge in [-0.3, -0.25) is 14.3 Å². The van der Waals surface area contributed by atoms with Crippen LogP contribution in [0, 0.1) is 11.8 Å². The maximum atomic E-state index is 12.4. The van der Waals surface area contributed by atoms with Crippen LogP contribution in [0.2, 0.25) is 0 Å². The number of amides is 1. The van der Waals surface area contributed by atoms with Crippen molar-refractivity contribution < 1.29 is 9.00 Å². The van der Waals surface area contributed by atoms with Gasteiger partial charge in [0.2, 0.25) is 5.91 Å². The third kappa shape index (κ3) is 4.56. The first-order chi connectivity index (χ1) is 8.86. The smallest absolute Gasteiger partial charge is 0.241 e. The molecule has 3 unspecified atom stereocenters. The van der Waals surface area contributed by atoms with Gasteiger partial charge in [-0.05, 0) is 18.3 Å². The molecule has 0 bridgehead atoms. The third-order valence-electron chi connectivity index (χ3n) is 3.51. The molecule has 0 aromatic carbocycles. The summed E-state index contributed by atoms with van der Waals surface area (Å²) in [5.41, 5.74) is 0. The first-order valence-electron chi connectivity index (χ1n) is 7.28. The molecule has 5 heteroatoms. The number of hydrogen-bond donors (Lipinski definition) is 1. The van der Waals surface area contributed by atoms with Crippen LogP contribution < -0.4 is 5.32 Å². The highest BCUT2D eigenvalue weighted by molar-refractivity contribution is 7.84. The molecule has 1 saturated heterocycles. The Morgan fingerprint density at radius 3 is 2.42 bits per heavy atom. The number of nitrogens with one attached hydrogen (secondary N) is 1. The molecule has 1 fully saturated rings. The minimum Gasteiger partial charge on any atom is -0.325 e. The Kier molecular flexibility index (Phi) is 6.47. The zero-order chi connectivity index (χ0) is 14.6. The molecule has 0 spiro atoms. The van der Waals surface area contributed by atoms with Crippen molar-refractivity contribution in [2.45, 2.75) is 53.2 Å². The van der Waals surface area contributed by atoms with Crippen molar-refractivity contribution in [3.8, 4) is 0 Å². The standard InChI is InChI=1S/C14H28N2O2S/c1-6-19(18)8-7-16-13(11(4)5)15-12(14(16)17)9-10(2)3/h10-13,15H,6-9H2,1-5H3. The molecule has 0 saturated carbocycles. The molecular formula is C14H28N2O2S. The van der Waals surface area contributed by atoms with Gasteiger partial charge in [-0.15, -0.1) is 0 Å². The van der Waals surface area contributed by atoms with Crippen LogP contribution in [0.25, 0.3) is 0 Å². The van der Waals surface area contributed by atoms with Crippen molar-refractivity contribution in [3.05, 3.63) is 0 Å². The van der Waals surface area contributed by atoms with Gasteiger partial charge in [0, 0.05) is 28.9 Å². The zero-order valence-electron chi connectivity index (χ0n) is 12.8. The van der Waals surface area contributed by atoms with Gasteiger partial charge in [-0.25, -0.2) is 0 Å². The highest BCUT2D eigenvalue weighted by Gasteiger charge is 2.39. The van der Waals surface area contributed by atoms with E-state index in [2.05, 4.69) is 33.0 Å². The molecule has 0 aromatic heterocycles. The molecule has 1 N–H and O–H groups in total. The van der Waals surface area contributed by atoms with Crippen molar-refractivity contribution in [1.29, 1.82) is 0 Å². The van der Waals surface area contributed by atoms with E-state index in [4.69, 9.17) is 0 Å². The van der Waals surface area contributed by atoms with E-state index in [1.54, 1.807) is 0 Å². The molecule has 1 rings (SSSR count). The minimum absolute atomic E-state index is 0.0672. The lowest BCUT2D eigenvalue weighted by Crippen LogP contribution is -2.43. The Morgan fingerprint density at radius 2 is 1.95 bits per heavy atom. The average molecular weight is 288 g/mol. The van der Waals surface area contributed by atoms with Crippen LogP contribution in [0.4, 0.5) is 0 Å². The molecule has 1 aliphatic rings. The van der Waals surface area contributed by atoms with Crippen molar-refractivity contribution in [3.63, 3.8) is 0 Å². The molecule has 1 aliphatic heterocycles. The normalized spacial score (nSPS) is 25.6. The predicted octanol–water partition coefficient (Wildman–Crippen LogP) is 1.58. The van der Waals surface area contributed by atoms with E-state index in [-0.39, 0.29) is 18.1 Å². The first-order valence-corrected chi connectivity index (χ1v) is 8.77. The summed E-state index contributed by atoms with van der Waals surface area (Å²) in [7, 11) is -0.810. The number of carbonyl (C=O) groups excluding carboxylic acids is 1. The summed E-state index contributed by atoms with van der Waals surface area (Å²) in [6.45, 7) is 11.0. The van der Waals surface area contributed by atoms with E-state index in [0.29, 0.717) is 29.9 Å². The number of carbonyl (C=O) groups is 1. The lowest BCUT2D eigenvalue weighted by atomic mass is 10.0. The second-order valence-corrected chi connectivity index (χ2v) is 7.87. The van der Waals surface area contributed by atoms with E-state index in [0.717, 1.165) is 6.42 Å². The summed E-state index contributed by atoms with van der Waals surface area (Å²) in [6, 6.07) is -0.0672. The fourth-order valence-corrected chi connectivity index (χ4v) is 3.18. The van der Waals surface area contributed by atoms with Crippen LogP contribution in [-0.4, -0.2) is 45.3 Å². The average Bonchev–Trinajstić information content (AvgIpc) is 2.63. The van der Waals surface area contributed by atoms with Gasteiger partial charge in [0.15, 0.2) is 0 Å². The first kappa shape index (κ1) is 16.6. The monoisotopic (exact) mass is 288 g/mol. The van der Waals surface area contributed by atoms with Crippen LogP contribution >= 0.6 is 0 Å². The summed E-state index contributed by atoms with van der Waals surface area (Å²) in [5, 5.41) is 3.44. The van der Waals surface area contributed by atoms with Crippen molar-refractivity contribution in [2.75, 3.05) is 18.1 Å². The maximum Gasteiger partial charge on any atom is 0.241 e. The van der Waals surface area contributed by atoms with Gasteiger partial charge in [0.25, 0.3) is 0 Å². The van der Waals surface area contributed by atoms with Gasteiger partial charge in [0.05, 0.1) is 12.2 Å². The number of nitrogens with zero attached hydrogens (tertiary/aromatic N) is 1. The van der Waals surface area contributed by atoms with E-state index in [1.807, 2.05) is 11.8 Å². The largest absolute Gasteiger partial charge is 0.325 e. The third-order valence-corrected chi connectivity index (χ3v) is 4.79. The highest BCUT2D eigenvalue weighted by Crippen LogP contribution is 2.21. The minimum atomic E-state index is -0.810. The Bertz CT molecular complexity index is 331. The summed E-state index contributed by atoms with van der Waals surface area (Å²) < 4.78 is 11.6. The molecule has 0 aromatic rings. The van der Waals surface area contributed by atoms with Gasteiger partial charge >= 0.3 is 0 Å². The lowest BCUT2D eigenvalue weighted by Gasteiger charge is -2.26.